The molecule has 0 aliphatic heterocycles. The Morgan fingerprint density at radius 2 is 2.06 bits per heavy atom. The molecule has 0 aromatic carbocycles. The summed E-state index contributed by atoms with van der Waals surface area (Å²) >= 11 is 0. The zero-order valence-electron chi connectivity index (χ0n) is 10.2. The lowest BCUT2D eigenvalue weighted by molar-refractivity contribution is 0.386. The van der Waals surface area contributed by atoms with E-state index >= 15 is 0 Å². The fraction of sp³-hybridized carbons (Fsp3) is 0.545. The van der Waals surface area contributed by atoms with E-state index in [1.54, 1.807) is 7.11 Å². The molecule has 2 aromatic rings. The summed E-state index contributed by atoms with van der Waals surface area (Å²) in [7, 11) is 1.55. The van der Waals surface area contributed by atoms with E-state index in [1.807, 2.05) is 0 Å². The maximum absolute atomic E-state index is 5.84. The van der Waals surface area contributed by atoms with Crippen molar-refractivity contribution < 1.29 is 4.74 Å². The van der Waals surface area contributed by atoms with E-state index in [1.165, 1.54) is 12.8 Å². The number of fused-ring (bicyclic) bond motifs is 1. The van der Waals surface area contributed by atoms with Crippen LogP contribution in [-0.4, -0.2) is 27.0 Å². The number of nitrogens with one attached hydrogen (secondary N) is 1. The Kier molecular flexibility index (Phi) is 3.41. The molecule has 2 heterocycles. The Bertz CT molecular complexity index is 508. The standard InChI is InChI=1S/C11H17N5O/c1-3-4-5-6-7-13-9(12)8-10(14-7)16-11(15-8)17-2/h3-6H2,1-2H3,(H3,12,13,14,15,16). The quantitative estimate of drug-likeness (QED) is 0.769. The zero-order chi connectivity index (χ0) is 12.3. The van der Waals surface area contributed by atoms with Crippen LogP contribution in [0.15, 0.2) is 0 Å². The van der Waals surface area contributed by atoms with Crippen molar-refractivity contribution in [2.75, 3.05) is 12.8 Å². The van der Waals surface area contributed by atoms with Crippen LogP contribution in [-0.2, 0) is 6.42 Å². The minimum Gasteiger partial charge on any atom is -0.468 e. The molecule has 0 unspecified atom stereocenters. The van der Waals surface area contributed by atoms with Crippen molar-refractivity contribution in [3.63, 3.8) is 0 Å². The van der Waals surface area contributed by atoms with Gasteiger partial charge in [0.2, 0.25) is 0 Å². The lowest BCUT2D eigenvalue weighted by Gasteiger charge is -2.00. The molecule has 2 aromatic heterocycles. The van der Waals surface area contributed by atoms with Crippen LogP contribution in [0.1, 0.15) is 32.0 Å². The number of imidazole rings is 1. The second-order valence-corrected chi connectivity index (χ2v) is 3.93. The number of rotatable bonds is 5. The SMILES string of the molecule is CCCCCc1nc(N)c2nc(OC)[nH]c2n1. The van der Waals surface area contributed by atoms with E-state index in [0.29, 0.717) is 23.0 Å². The first kappa shape index (κ1) is 11.6. The minimum absolute atomic E-state index is 0.404. The Balaban J connectivity index is 2.27. The number of aryl methyl sites for hydroxylation is 1. The number of nitrogen functional groups attached to an aromatic ring is 1. The second-order valence-electron chi connectivity index (χ2n) is 3.93. The van der Waals surface area contributed by atoms with Crippen molar-refractivity contribution in [3.05, 3.63) is 5.82 Å². The molecule has 0 atom stereocenters. The summed E-state index contributed by atoms with van der Waals surface area (Å²) in [6.07, 6.45) is 4.27. The summed E-state index contributed by atoms with van der Waals surface area (Å²) in [5, 5.41) is 0. The second kappa shape index (κ2) is 4.99. The van der Waals surface area contributed by atoms with Crippen LogP contribution in [0.4, 0.5) is 5.82 Å². The molecule has 0 bridgehead atoms. The Hall–Kier alpha value is -1.85. The van der Waals surface area contributed by atoms with Gasteiger partial charge < -0.3 is 10.5 Å². The molecule has 6 nitrogen and oxygen atoms in total. The smallest absolute Gasteiger partial charge is 0.295 e. The number of anilines is 1. The van der Waals surface area contributed by atoms with Crippen molar-refractivity contribution >= 4 is 17.0 Å². The molecule has 3 N–H and O–H groups in total. The Morgan fingerprint density at radius 1 is 1.24 bits per heavy atom. The van der Waals surface area contributed by atoms with Crippen molar-refractivity contribution in [3.8, 4) is 6.01 Å². The van der Waals surface area contributed by atoms with Gasteiger partial charge in [0.05, 0.1) is 7.11 Å². The molecule has 0 fully saturated rings. The first-order valence-corrected chi connectivity index (χ1v) is 5.80. The van der Waals surface area contributed by atoms with E-state index in [0.717, 1.165) is 18.7 Å². The number of nitrogens with two attached hydrogens (primary N) is 1. The van der Waals surface area contributed by atoms with Gasteiger partial charge in [0, 0.05) is 6.42 Å². The highest BCUT2D eigenvalue weighted by atomic mass is 16.5. The summed E-state index contributed by atoms with van der Waals surface area (Å²) in [6.45, 7) is 2.16. The molecule has 0 saturated carbocycles. The molecule has 0 aliphatic rings. The largest absolute Gasteiger partial charge is 0.468 e. The monoisotopic (exact) mass is 235 g/mol. The third kappa shape index (κ3) is 2.46. The van der Waals surface area contributed by atoms with Crippen LogP contribution in [0.5, 0.6) is 6.01 Å². The summed E-state index contributed by atoms with van der Waals surface area (Å²) in [6, 6.07) is 0.409. The molecular formula is C11H17N5O. The third-order valence-corrected chi connectivity index (χ3v) is 2.59. The topological polar surface area (TPSA) is 89.7 Å². The lowest BCUT2D eigenvalue weighted by atomic mass is 10.2. The van der Waals surface area contributed by atoms with Gasteiger partial charge in [0.1, 0.15) is 5.82 Å². The van der Waals surface area contributed by atoms with Crippen molar-refractivity contribution in [1.29, 1.82) is 0 Å². The van der Waals surface area contributed by atoms with Gasteiger partial charge in [-0.2, -0.15) is 4.98 Å². The average Bonchev–Trinajstić information content (AvgIpc) is 2.73. The molecule has 0 aliphatic carbocycles. The maximum atomic E-state index is 5.84. The minimum atomic E-state index is 0.404. The van der Waals surface area contributed by atoms with Crippen LogP contribution < -0.4 is 10.5 Å². The van der Waals surface area contributed by atoms with Crippen LogP contribution in [0.3, 0.4) is 0 Å². The fourth-order valence-corrected chi connectivity index (χ4v) is 1.69. The summed E-state index contributed by atoms with van der Waals surface area (Å²) in [5.74, 6) is 1.16. The molecule has 0 radical (unpaired) electrons. The molecule has 0 spiro atoms. The maximum Gasteiger partial charge on any atom is 0.295 e. The molecule has 0 saturated heterocycles. The number of methoxy groups -OCH3 is 1. The number of hydrogen-bond acceptors (Lipinski definition) is 5. The van der Waals surface area contributed by atoms with Gasteiger partial charge in [-0.3, -0.25) is 4.98 Å². The van der Waals surface area contributed by atoms with Crippen LogP contribution in [0.25, 0.3) is 11.2 Å². The Morgan fingerprint density at radius 3 is 2.76 bits per heavy atom. The zero-order valence-corrected chi connectivity index (χ0v) is 10.2. The highest BCUT2D eigenvalue weighted by Gasteiger charge is 2.10. The van der Waals surface area contributed by atoms with Gasteiger partial charge in [-0.1, -0.05) is 19.8 Å². The van der Waals surface area contributed by atoms with Gasteiger partial charge in [-0.25, -0.2) is 9.97 Å². The third-order valence-electron chi connectivity index (χ3n) is 2.59. The van der Waals surface area contributed by atoms with E-state index in [4.69, 9.17) is 10.5 Å². The molecule has 6 heteroatoms. The molecule has 92 valence electrons. The number of nitrogens with zero attached hydrogens (tertiary/aromatic N) is 3. The van der Waals surface area contributed by atoms with Crippen LogP contribution in [0.2, 0.25) is 0 Å². The van der Waals surface area contributed by atoms with Gasteiger partial charge in [-0.15, -0.1) is 0 Å². The highest BCUT2D eigenvalue weighted by molar-refractivity contribution is 5.81. The molecular weight excluding hydrogens is 218 g/mol. The molecule has 17 heavy (non-hydrogen) atoms. The van der Waals surface area contributed by atoms with Crippen LogP contribution >= 0.6 is 0 Å². The first-order valence-electron chi connectivity index (χ1n) is 5.80. The van der Waals surface area contributed by atoms with Gasteiger partial charge in [0.25, 0.3) is 6.01 Å². The summed E-state index contributed by atoms with van der Waals surface area (Å²) < 4.78 is 5.00. The number of unbranched alkanes of at least 4 members (excludes halogenated alkanes) is 2. The predicted octanol–water partition coefficient (Wildman–Crippen LogP) is 1.68. The number of H-pyrrole nitrogens is 1. The normalized spacial score (nSPS) is 10.9. The summed E-state index contributed by atoms with van der Waals surface area (Å²) in [5.41, 5.74) is 7.05. The van der Waals surface area contributed by atoms with Crippen molar-refractivity contribution in [2.24, 2.45) is 0 Å². The van der Waals surface area contributed by atoms with E-state index in [9.17, 15) is 0 Å². The molecule has 2 rings (SSSR count). The summed E-state index contributed by atoms with van der Waals surface area (Å²) in [4.78, 5) is 15.7. The van der Waals surface area contributed by atoms with Gasteiger partial charge in [0.15, 0.2) is 17.0 Å². The number of hydrogen-bond donors (Lipinski definition) is 2. The van der Waals surface area contributed by atoms with E-state index in [-0.39, 0.29) is 0 Å². The fourth-order valence-electron chi connectivity index (χ4n) is 1.69. The predicted molar refractivity (Wildman–Crippen MR) is 65.9 cm³/mol. The number of aromatic amines is 1. The average molecular weight is 235 g/mol. The van der Waals surface area contributed by atoms with Gasteiger partial charge in [-0.05, 0) is 6.42 Å². The lowest BCUT2D eigenvalue weighted by Crippen LogP contribution is -2.01. The molecule has 0 amide bonds. The first-order chi connectivity index (χ1) is 8.24. The van der Waals surface area contributed by atoms with Gasteiger partial charge >= 0.3 is 0 Å². The number of ether oxygens (including phenoxy) is 1. The highest BCUT2D eigenvalue weighted by Crippen LogP contribution is 2.19. The van der Waals surface area contributed by atoms with Crippen LogP contribution in [0, 0.1) is 0 Å². The Labute approximate surface area is 99.6 Å². The number of aromatic nitrogens is 4. The van der Waals surface area contributed by atoms with E-state index < -0.39 is 0 Å². The van der Waals surface area contributed by atoms with Crippen molar-refractivity contribution in [2.45, 2.75) is 32.6 Å². The van der Waals surface area contributed by atoms with Crippen molar-refractivity contribution in [1.82, 2.24) is 19.9 Å². The van der Waals surface area contributed by atoms with E-state index in [2.05, 4.69) is 26.9 Å².